The molecule has 0 radical (unpaired) electrons. The van der Waals surface area contributed by atoms with Crippen LogP contribution in [0.4, 0.5) is 0 Å². The number of H-pyrrole nitrogens is 2. The van der Waals surface area contributed by atoms with Crippen molar-refractivity contribution in [1.82, 2.24) is 19.9 Å². The number of hydrogen-bond donors (Lipinski definition) is 3. The maximum Gasteiger partial charge on any atom is 0.303 e. The van der Waals surface area contributed by atoms with Gasteiger partial charge in [-0.15, -0.1) is 0 Å². The van der Waals surface area contributed by atoms with Gasteiger partial charge in [-0.1, -0.05) is 0 Å². The van der Waals surface area contributed by atoms with Crippen molar-refractivity contribution in [3.8, 4) is 0 Å². The lowest BCUT2D eigenvalue weighted by atomic mass is 10.1. The monoisotopic (exact) mass is 382 g/mol. The van der Waals surface area contributed by atoms with Crippen LogP contribution in [0.25, 0.3) is 46.4 Å². The Kier molecular flexibility index (Phi) is 4.09. The summed E-state index contributed by atoms with van der Waals surface area (Å²) >= 11 is 0. The van der Waals surface area contributed by atoms with E-state index in [0.29, 0.717) is 6.42 Å². The number of aliphatic carboxylic acids is 1. The summed E-state index contributed by atoms with van der Waals surface area (Å²) in [7, 11) is 0. The molecule has 0 fully saturated rings. The number of fused-ring (bicyclic) bond motifs is 8. The van der Waals surface area contributed by atoms with E-state index in [4.69, 9.17) is 5.11 Å². The molecule has 5 rings (SSSR count). The molecule has 3 aromatic heterocycles. The number of carboxylic acids is 1. The van der Waals surface area contributed by atoms with Crippen LogP contribution in [-0.4, -0.2) is 31.0 Å². The molecular weight excluding hydrogens is 364 g/mol. The molecule has 0 saturated heterocycles. The van der Waals surface area contributed by atoms with Crippen molar-refractivity contribution in [1.29, 1.82) is 0 Å². The number of aromatic amines is 2. The van der Waals surface area contributed by atoms with Crippen LogP contribution in [0.1, 0.15) is 34.8 Å². The summed E-state index contributed by atoms with van der Waals surface area (Å²) in [4.78, 5) is 27.1. The maximum atomic E-state index is 11.0. The van der Waals surface area contributed by atoms with Gasteiger partial charge in [-0.05, 0) is 78.8 Å². The number of rotatable bonds is 3. The predicted octanol–water partition coefficient (Wildman–Crippen LogP) is 4.67. The average Bonchev–Trinajstić information content (AvgIpc) is 3.45. The lowest BCUT2D eigenvalue weighted by Gasteiger charge is -1.94. The van der Waals surface area contributed by atoms with Crippen molar-refractivity contribution in [3.63, 3.8) is 0 Å². The SMILES string of the molecule is O=C(O)CCc1cc2cc3nc(cc4ccc(cc5nc(cc1[nH]2)C=C5)[nH]4)C=C3. The Balaban J connectivity index is 1.77. The van der Waals surface area contributed by atoms with Gasteiger partial charge in [0, 0.05) is 28.5 Å². The zero-order valence-electron chi connectivity index (χ0n) is 15.5. The molecule has 2 aliphatic heterocycles. The molecule has 0 spiro atoms. The highest BCUT2D eigenvalue weighted by molar-refractivity contribution is 5.78. The number of aromatic nitrogens is 4. The van der Waals surface area contributed by atoms with Crippen molar-refractivity contribution < 1.29 is 9.90 Å². The molecule has 5 heterocycles. The van der Waals surface area contributed by atoms with Gasteiger partial charge in [-0.3, -0.25) is 4.79 Å². The molecule has 6 heteroatoms. The molecule has 3 aromatic rings. The molecule has 0 aliphatic carbocycles. The third-order valence-corrected chi connectivity index (χ3v) is 4.86. The van der Waals surface area contributed by atoms with Crippen molar-refractivity contribution >= 4 is 52.3 Å². The highest BCUT2D eigenvalue weighted by Gasteiger charge is 2.07. The van der Waals surface area contributed by atoms with Gasteiger partial charge in [-0.2, -0.15) is 0 Å². The number of hydrogen-bond acceptors (Lipinski definition) is 3. The molecule has 0 amide bonds. The number of carbonyl (C=O) groups is 1. The maximum absolute atomic E-state index is 11.0. The number of nitrogens with zero attached hydrogens (tertiary/aromatic N) is 2. The molecule has 0 aromatic carbocycles. The van der Waals surface area contributed by atoms with E-state index in [1.807, 2.05) is 66.8 Å². The minimum atomic E-state index is -0.813. The first kappa shape index (κ1) is 17.2. The zero-order chi connectivity index (χ0) is 19.8. The first-order chi connectivity index (χ1) is 14.1. The first-order valence-electron chi connectivity index (χ1n) is 9.40. The Hall–Kier alpha value is -3.93. The van der Waals surface area contributed by atoms with E-state index in [0.717, 1.165) is 50.4 Å². The molecular formula is C23H18N4O2. The lowest BCUT2D eigenvalue weighted by Crippen LogP contribution is -1.96. The fourth-order valence-electron chi connectivity index (χ4n) is 3.53. The van der Waals surface area contributed by atoms with Crippen LogP contribution in [-0.2, 0) is 11.2 Å². The second-order valence-corrected chi connectivity index (χ2v) is 7.09. The molecule has 0 saturated carbocycles. The summed E-state index contributed by atoms with van der Waals surface area (Å²) in [5.41, 5.74) is 8.03. The van der Waals surface area contributed by atoms with Gasteiger partial charge in [0.1, 0.15) is 0 Å². The molecule has 2 aliphatic rings. The predicted molar refractivity (Wildman–Crippen MR) is 115 cm³/mol. The van der Waals surface area contributed by atoms with Crippen molar-refractivity contribution in [2.45, 2.75) is 12.8 Å². The number of aryl methyl sites for hydroxylation is 1. The summed E-state index contributed by atoms with van der Waals surface area (Å²) in [6.07, 6.45) is 8.38. The normalized spacial score (nSPS) is 12.4. The van der Waals surface area contributed by atoms with Crippen LogP contribution >= 0.6 is 0 Å². The van der Waals surface area contributed by atoms with Crippen LogP contribution < -0.4 is 0 Å². The van der Waals surface area contributed by atoms with Gasteiger partial charge in [0.15, 0.2) is 0 Å². The van der Waals surface area contributed by atoms with Crippen LogP contribution in [0, 0.1) is 0 Å². The summed E-state index contributed by atoms with van der Waals surface area (Å²) in [6.45, 7) is 0. The molecule has 6 nitrogen and oxygen atoms in total. The van der Waals surface area contributed by atoms with Crippen molar-refractivity contribution in [3.05, 3.63) is 70.8 Å². The minimum absolute atomic E-state index is 0.0777. The van der Waals surface area contributed by atoms with Crippen LogP contribution in [0.2, 0.25) is 0 Å². The Labute approximate surface area is 166 Å². The topological polar surface area (TPSA) is 94.7 Å². The molecule has 8 bridgehead atoms. The fraction of sp³-hybridized carbons (Fsp3) is 0.0870. The Morgan fingerprint density at radius 1 is 0.759 bits per heavy atom. The van der Waals surface area contributed by atoms with Crippen molar-refractivity contribution in [2.75, 3.05) is 0 Å². The van der Waals surface area contributed by atoms with Gasteiger partial charge in [-0.25, -0.2) is 9.97 Å². The quantitative estimate of drug-likeness (QED) is 0.422. The summed E-state index contributed by atoms with van der Waals surface area (Å²) in [6, 6.07) is 13.9. The van der Waals surface area contributed by atoms with Gasteiger partial charge >= 0.3 is 5.97 Å². The van der Waals surface area contributed by atoms with E-state index in [1.54, 1.807) is 0 Å². The van der Waals surface area contributed by atoms with E-state index in [9.17, 15) is 4.79 Å². The molecule has 29 heavy (non-hydrogen) atoms. The Bertz CT molecular complexity index is 1340. The Morgan fingerprint density at radius 3 is 1.90 bits per heavy atom. The van der Waals surface area contributed by atoms with Gasteiger partial charge in [0.25, 0.3) is 0 Å². The van der Waals surface area contributed by atoms with Crippen LogP contribution in [0.5, 0.6) is 0 Å². The average molecular weight is 382 g/mol. The molecule has 0 unspecified atom stereocenters. The van der Waals surface area contributed by atoms with E-state index in [-0.39, 0.29) is 6.42 Å². The van der Waals surface area contributed by atoms with Gasteiger partial charge in [0.2, 0.25) is 0 Å². The van der Waals surface area contributed by atoms with Gasteiger partial charge < -0.3 is 15.1 Å². The minimum Gasteiger partial charge on any atom is -0.481 e. The standard InChI is InChI=1S/C23H18N4O2/c28-23(29)8-1-14-9-21-12-19-5-4-17(25-19)10-15-2-3-16(24-15)11-18-6-7-20(26-18)13-22(14)27-21/h2-7,9-13,24,27H,1,8H2,(H,28,29). The summed E-state index contributed by atoms with van der Waals surface area (Å²) in [5, 5.41) is 9.07. The lowest BCUT2D eigenvalue weighted by molar-refractivity contribution is -0.136. The Morgan fingerprint density at radius 2 is 1.31 bits per heavy atom. The van der Waals surface area contributed by atoms with E-state index < -0.39 is 5.97 Å². The highest BCUT2D eigenvalue weighted by atomic mass is 16.4. The zero-order valence-corrected chi connectivity index (χ0v) is 15.5. The molecule has 0 atom stereocenters. The van der Waals surface area contributed by atoms with Crippen LogP contribution in [0.15, 0.2) is 42.5 Å². The van der Waals surface area contributed by atoms with Crippen molar-refractivity contribution in [2.24, 2.45) is 0 Å². The van der Waals surface area contributed by atoms with Gasteiger partial charge in [0.05, 0.1) is 22.8 Å². The number of nitrogens with one attached hydrogen (secondary N) is 2. The fourth-order valence-corrected chi connectivity index (χ4v) is 3.53. The molecule has 3 N–H and O–H groups in total. The second kappa shape index (κ2) is 6.91. The second-order valence-electron chi connectivity index (χ2n) is 7.09. The van der Waals surface area contributed by atoms with E-state index >= 15 is 0 Å². The summed E-state index contributed by atoms with van der Waals surface area (Å²) < 4.78 is 0. The largest absolute Gasteiger partial charge is 0.481 e. The third-order valence-electron chi connectivity index (χ3n) is 4.86. The third kappa shape index (κ3) is 3.73. The van der Waals surface area contributed by atoms with E-state index in [2.05, 4.69) is 19.9 Å². The summed E-state index contributed by atoms with van der Waals surface area (Å²) in [5.74, 6) is -0.813. The van der Waals surface area contributed by atoms with E-state index in [1.165, 1.54) is 0 Å². The highest BCUT2D eigenvalue weighted by Crippen LogP contribution is 2.20. The number of carboxylic acid groups (broad SMARTS) is 1. The first-order valence-corrected chi connectivity index (χ1v) is 9.40. The van der Waals surface area contributed by atoms with Crippen LogP contribution in [0.3, 0.4) is 0 Å². The molecule has 142 valence electrons. The smallest absolute Gasteiger partial charge is 0.303 e.